The van der Waals surface area contributed by atoms with Crippen LogP contribution in [0.25, 0.3) is 11.3 Å². The second-order valence-corrected chi connectivity index (χ2v) is 6.44. The summed E-state index contributed by atoms with van der Waals surface area (Å²) in [6.45, 7) is 0. The molecule has 2 aromatic rings. The average Bonchev–Trinajstić information content (AvgIpc) is 2.63. The van der Waals surface area contributed by atoms with Crippen LogP contribution in [-0.4, -0.2) is 22.3 Å². The molecule has 0 aliphatic heterocycles. The average molecular weight is 339 g/mol. The molecule has 3 rings (SSSR count). The van der Waals surface area contributed by atoms with Crippen molar-refractivity contribution in [3.8, 4) is 11.3 Å². The summed E-state index contributed by atoms with van der Waals surface area (Å²) in [5.74, 6) is -1.11. The molecule has 0 bridgehead atoms. The zero-order valence-corrected chi connectivity index (χ0v) is 13.9. The minimum atomic E-state index is -1.06. The van der Waals surface area contributed by atoms with Crippen LogP contribution in [0.5, 0.6) is 0 Å². The van der Waals surface area contributed by atoms with Gasteiger partial charge in [-0.15, -0.1) is 0 Å². The maximum absolute atomic E-state index is 12.6. The van der Waals surface area contributed by atoms with E-state index in [1.54, 1.807) is 6.07 Å². The van der Waals surface area contributed by atoms with Crippen LogP contribution < -0.4 is 16.6 Å². The highest BCUT2D eigenvalue weighted by Crippen LogP contribution is 2.28. The molecule has 1 aliphatic rings. The molecule has 0 radical (unpaired) electrons. The van der Waals surface area contributed by atoms with Gasteiger partial charge in [-0.1, -0.05) is 49.6 Å². The summed E-state index contributed by atoms with van der Waals surface area (Å²) in [6.07, 6.45) is 3.68. The highest BCUT2D eigenvalue weighted by molar-refractivity contribution is 5.98. The van der Waals surface area contributed by atoms with Gasteiger partial charge in [0.2, 0.25) is 5.91 Å². The molecule has 0 unspecified atom stereocenters. The second-order valence-electron chi connectivity index (χ2n) is 6.44. The van der Waals surface area contributed by atoms with Gasteiger partial charge in [0.1, 0.15) is 11.1 Å². The first-order chi connectivity index (χ1) is 12.0. The van der Waals surface area contributed by atoms with Crippen LogP contribution in [0.3, 0.4) is 0 Å². The van der Waals surface area contributed by atoms with Crippen molar-refractivity contribution in [3.63, 3.8) is 0 Å². The quantitative estimate of drug-likeness (QED) is 0.793. The van der Waals surface area contributed by atoms with Crippen molar-refractivity contribution in [1.82, 2.24) is 10.3 Å². The van der Waals surface area contributed by atoms with Crippen LogP contribution in [0.15, 0.2) is 47.3 Å². The Morgan fingerprint density at radius 1 is 1.00 bits per heavy atom. The third kappa shape index (κ3) is 3.47. The first kappa shape index (κ1) is 17.0. The third-order valence-electron chi connectivity index (χ3n) is 4.77. The lowest BCUT2D eigenvalue weighted by Crippen LogP contribution is -2.58. The molecule has 6 nitrogen and oxygen atoms in total. The predicted octanol–water partition coefficient (Wildman–Crippen LogP) is 1.96. The van der Waals surface area contributed by atoms with E-state index in [0.717, 1.165) is 24.8 Å². The molecular weight excluding hydrogens is 318 g/mol. The minimum Gasteiger partial charge on any atom is -0.368 e. The van der Waals surface area contributed by atoms with Gasteiger partial charge < -0.3 is 16.0 Å². The molecule has 6 heteroatoms. The summed E-state index contributed by atoms with van der Waals surface area (Å²) in [4.78, 5) is 39.5. The van der Waals surface area contributed by atoms with Crippen LogP contribution in [0.2, 0.25) is 0 Å². The molecule has 1 heterocycles. The highest BCUT2D eigenvalue weighted by Gasteiger charge is 2.39. The van der Waals surface area contributed by atoms with E-state index in [9.17, 15) is 14.4 Å². The van der Waals surface area contributed by atoms with Gasteiger partial charge >= 0.3 is 0 Å². The van der Waals surface area contributed by atoms with Crippen LogP contribution in [0, 0.1) is 0 Å². The summed E-state index contributed by atoms with van der Waals surface area (Å²) < 4.78 is 0. The van der Waals surface area contributed by atoms with Gasteiger partial charge in [0.15, 0.2) is 0 Å². The molecular formula is C19H21N3O3. The predicted molar refractivity (Wildman–Crippen MR) is 95.0 cm³/mol. The Bertz CT molecular complexity index is 836. The number of hydrogen-bond acceptors (Lipinski definition) is 3. The monoisotopic (exact) mass is 339 g/mol. The van der Waals surface area contributed by atoms with Crippen LogP contribution in [0.1, 0.15) is 42.5 Å². The maximum atomic E-state index is 12.6. The fraction of sp³-hybridized carbons (Fsp3) is 0.316. The van der Waals surface area contributed by atoms with Crippen molar-refractivity contribution < 1.29 is 9.59 Å². The standard InChI is InChI=1S/C19H21N3O3/c20-18(25)19(11-5-2-6-12-19)22-17(24)14-9-10-15(21-16(14)23)13-7-3-1-4-8-13/h1,3-4,7-10H,2,5-6,11-12H2,(H2,20,25)(H,21,23)(H,22,24). The Morgan fingerprint density at radius 2 is 1.68 bits per heavy atom. The number of rotatable bonds is 4. The molecule has 1 aromatic carbocycles. The van der Waals surface area contributed by atoms with Gasteiger partial charge in [-0.2, -0.15) is 0 Å². The number of amides is 2. The van der Waals surface area contributed by atoms with E-state index >= 15 is 0 Å². The lowest BCUT2D eigenvalue weighted by atomic mass is 9.81. The number of nitrogens with two attached hydrogens (primary N) is 1. The maximum Gasteiger partial charge on any atom is 0.261 e. The Labute approximate surface area is 145 Å². The molecule has 130 valence electrons. The number of pyridine rings is 1. The molecule has 1 aromatic heterocycles. The van der Waals surface area contributed by atoms with E-state index in [0.29, 0.717) is 18.5 Å². The molecule has 1 aliphatic carbocycles. The zero-order chi connectivity index (χ0) is 17.9. The zero-order valence-electron chi connectivity index (χ0n) is 13.9. The molecule has 1 fully saturated rings. The number of hydrogen-bond donors (Lipinski definition) is 3. The summed E-state index contributed by atoms with van der Waals surface area (Å²) in [7, 11) is 0. The molecule has 1 saturated carbocycles. The van der Waals surface area contributed by atoms with Crippen LogP contribution in [0.4, 0.5) is 0 Å². The number of carbonyl (C=O) groups is 2. The third-order valence-corrected chi connectivity index (χ3v) is 4.77. The molecule has 0 atom stereocenters. The Kier molecular flexibility index (Phi) is 4.70. The largest absolute Gasteiger partial charge is 0.368 e. The molecule has 25 heavy (non-hydrogen) atoms. The van der Waals surface area contributed by atoms with E-state index in [1.165, 1.54) is 6.07 Å². The number of carbonyl (C=O) groups excluding carboxylic acids is 2. The lowest BCUT2D eigenvalue weighted by Gasteiger charge is -2.34. The van der Waals surface area contributed by atoms with Gasteiger partial charge in [-0.25, -0.2) is 0 Å². The number of benzene rings is 1. The van der Waals surface area contributed by atoms with Crippen molar-refractivity contribution in [1.29, 1.82) is 0 Å². The van der Waals surface area contributed by atoms with Crippen molar-refractivity contribution in [3.05, 3.63) is 58.4 Å². The summed E-state index contributed by atoms with van der Waals surface area (Å²) in [6, 6.07) is 12.5. The van der Waals surface area contributed by atoms with Gasteiger partial charge in [0.25, 0.3) is 11.5 Å². The van der Waals surface area contributed by atoms with Crippen LogP contribution in [-0.2, 0) is 4.79 Å². The van der Waals surface area contributed by atoms with E-state index in [-0.39, 0.29) is 5.56 Å². The van der Waals surface area contributed by atoms with Gasteiger partial charge in [0, 0.05) is 5.69 Å². The molecule has 0 saturated heterocycles. The van der Waals surface area contributed by atoms with Gasteiger partial charge in [-0.3, -0.25) is 14.4 Å². The number of primary amides is 1. The first-order valence-electron chi connectivity index (χ1n) is 8.43. The van der Waals surface area contributed by atoms with Crippen molar-refractivity contribution in [2.45, 2.75) is 37.6 Å². The topological polar surface area (TPSA) is 105 Å². The van der Waals surface area contributed by atoms with E-state index < -0.39 is 22.9 Å². The normalized spacial score (nSPS) is 16.2. The summed E-state index contributed by atoms with van der Waals surface area (Å²) >= 11 is 0. The van der Waals surface area contributed by atoms with Crippen molar-refractivity contribution in [2.24, 2.45) is 5.73 Å². The van der Waals surface area contributed by atoms with Crippen molar-refractivity contribution in [2.75, 3.05) is 0 Å². The van der Waals surface area contributed by atoms with Crippen molar-refractivity contribution >= 4 is 11.8 Å². The number of H-pyrrole nitrogens is 1. The highest BCUT2D eigenvalue weighted by atomic mass is 16.2. The van der Waals surface area contributed by atoms with Crippen LogP contribution >= 0.6 is 0 Å². The van der Waals surface area contributed by atoms with Gasteiger partial charge in [-0.05, 0) is 30.5 Å². The number of aromatic nitrogens is 1. The summed E-state index contributed by atoms with van der Waals surface area (Å²) in [5, 5.41) is 2.71. The fourth-order valence-corrected chi connectivity index (χ4v) is 3.31. The van der Waals surface area contributed by atoms with E-state index in [1.807, 2.05) is 30.3 Å². The molecule has 4 N–H and O–H groups in total. The lowest BCUT2D eigenvalue weighted by molar-refractivity contribution is -0.125. The summed E-state index contributed by atoms with van der Waals surface area (Å²) in [5.41, 5.74) is 5.44. The SMILES string of the molecule is NC(=O)C1(NC(=O)c2ccc(-c3ccccc3)[nH]c2=O)CCCCC1. The Balaban J connectivity index is 1.85. The van der Waals surface area contributed by atoms with E-state index in [2.05, 4.69) is 10.3 Å². The minimum absolute atomic E-state index is 0.0223. The Hall–Kier alpha value is -2.89. The number of aromatic amines is 1. The first-order valence-corrected chi connectivity index (χ1v) is 8.43. The fourth-order valence-electron chi connectivity index (χ4n) is 3.31. The van der Waals surface area contributed by atoms with Gasteiger partial charge in [0.05, 0.1) is 0 Å². The van der Waals surface area contributed by atoms with E-state index in [4.69, 9.17) is 5.73 Å². The molecule has 0 spiro atoms. The second kappa shape index (κ2) is 6.93. The molecule has 2 amide bonds. The smallest absolute Gasteiger partial charge is 0.261 e. The number of nitrogens with one attached hydrogen (secondary N) is 2. The Morgan fingerprint density at radius 3 is 2.28 bits per heavy atom.